The van der Waals surface area contributed by atoms with Crippen molar-refractivity contribution in [2.75, 3.05) is 13.1 Å². The van der Waals surface area contributed by atoms with Gasteiger partial charge in [0.25, 0.3) is 0 Å². The lowest BCUT2D eigenvalue weighted by atomic mass is 10.2. The number of nitrogens with zero attached hydrogens (tertiary/aromatic N) is 1. The number of H-pyrrole nitrogens is 1. The fourth-order valence-electron chi connectivity index (χ4n) is 1.64. The number of hydrogen-bond donors (Lipinski definition) is 2. The molecule has 0 fully saturated rings. The summed E-state index contributed by atoms with van der Waals surface area (Å²) in [4.78, 5) is 3.16. The van der Waals surface area contributed by atoms with E-state index < -0.39 is 10.0 Å². The first-order valence-corrected chi connectivity index (χ1v) is 7.23. The molecule has 1 rings (SSSR count). The van der Waals surface area contributed by atoms with Gasteiger partial charge < -0.3 is 10.7 Å². The molecular weight excluding hydrogens is 238 g/mol. The van der Waals surface area contributed by atoms with Crippen molar-refractivity contribution >= 4 is 10.0 Å². The Hall–Kier alpha value is -0.850. The molecule has 0 radical (unpaired) electrons. The van der Waals surface area contributed by atoms with Crippen molar-refractivity contribution in [3.8, 4) is 0 Å². The van der Waals surface area contributed by atoms with Crippen LogP contribution >= 0.6 is 0 Å². The Morgan fingerprint density at radius 1 is 1.47 bits per heavy atom. The Morgan fingerprint density at radius 3 is 2.53 bits per heavy atom. The molecule has 0 saturated carbocycles. The lowest BCUT2D eigenvalue weighted by Gasteiger charge is -2.21. The molecule has 0 aromatic carbocycles. The number of hydrogen-bond acceptors (Lipinski definition) is 3. The van der Waals surface area contributed by atoms with Crippen LogP contribution in [-0.2, 0) is 16.6 Å². The molecular formula is C11H21N3O2S. The second kappa shape index (κ2) is 5.66. The molecule has 0 bridgehead atoms. The Kier molecular flexibility index (Phi) is 4.73. The highest BCUT2D eigenvalue weighted by Crippen LogP contribution is 2.17. The van der Waals surface area contributed by atoms with E-state index in [0.717, 1.165) is 5.69 Å². The van der Waals surface area contributed by atoms with Gasteiger partial charge in [0, 0.05) is 31.5 Å². The monoisotopic (exact) mass is 259 g/mol. The van der Waals surface area contributed by atoms with Gasteiger partial charge >= 0.3 is 0 Å². The summed E-state index contributed by atoms with van der Waals surface area (Å²) in [6.07, 6.45) is 1.50. The van der Waals surface area contributed by atoms with Gasteiger partial charge in [-0.15, -0.1) is 0 Å². The molecule has 1 heterocycles. The second-order valence-electron chi connectivity index (χ2n) is 4.41. The van der Waals surface area contributed by atoms with Crippen molar-refractivity contribution in [1.82, 2.24) is 9.29 Å². The molecule has 0 aliphatic rings. The van der Waals surface area contributed by atoms with Gasteiger partial charge in [0.15, 0.2) is 0 Å². The average molecular weight is 259 g/mol. The SMILES string of the molecule is CCN(CC(C)C)S(=O)(=O)c1c[nH]c(CN)c1. The van der Waals surface area contributed by atoms with E-state index >= 15 is 0 Å². The number of nitrogens with one attached hydrogen (secondary N) is 1. The maximum absolute atomic E-state index is 12.3. The molecule has 0 atom stereocenters. The minimum absolute atomic E-state index is 0.292. The highest BCUT2D eigenvalue weighted by molar-refractivity contribution is 7.89. The van der Waals surface area contributed by atoms with E-state index in [-0.39, 0.29) is 0 Å². The smallest absolute Gasteiger partial charge is 0.244 e. The molecule has 0 aliphatic carbocycles. The lowest BCUT2D eigenvalue weighted by molar-refractivity contribution is 0.381. The molecule has 0 amide bonds. The predicted molar refractivity (Wildman–Crippen MR) is 68.0 cm³/mol. The maximum Gasteiger partial charge on any atom is 0.244 e. The zero-order chi connectivity index (χ0) is 13.1. The summed E-state index contributed by atoms with van der Waals surface area (Å²) in [6.45, 7) is 7.16. The van der Waals surface area contributed by atoms with Crippen LogP contribution in [0.5, 0.6) is 0 Å². The third kappa shape index (κ3) is 3.31. The van der Waals surface area contributed by atoms with Crippen molar-refractivity contribution in [1.29, 1.82) is 0 Å². The molecule has 0 aliphatic heterocycles. The van der Waals surface area contributed by atoms with Gasteiger partial charge in [0.05, 0.1) is 4.90 Å². The van der Waals surface area contributed by atoms with Gasteiger partial charge in [-0.05, 0) is 12.0 Å². The van der Waals surface area contributed by atoms with Crippen LogP contribution in [0.4, 0.5) is 0 Å². The molecule has 1 aromatic rings. The molecule has 0 saturated heterocycles. The predicted octanol–water partition coefficient (Wildman–Crippen LogP) is 1.14. The summed E-state index contributed by atoms with van der Waals surface area (Å²) >= 11 is 0. The normalized spacial score (nSPS) is 12.6. The van der Waals surface area contributed by atoms with Crippen LogP contribution in [0.3, 0.4) is 0 Å². The van der Waals surface area contributed by atoms with Crippen LogP contribution in [0.25, 0.3) is 0 Å². The lowest BCUT2D eigenvalue weighted by Crippen LogP contribution is -2.33. The molecule has 0 spiro atoms. The summed E-state index contributed by atoms with van der Waals surface area (Å²) in [5.74, 6) is 0.303. The minimum Gasteiger partial charge on any atom is -0.363 e. The zero-order valence-corrected chi connectivity index (χ0v) is 11.4. The van der Waals surface area contributed by atoms with E-state index in [1.54, 1.807) is 6.07 Å². The van der Waals surface area contributed by atoms with E-state index in [2.05, 4.69) is 4.98 Å². The molecule has 0 unspecified atom stereocenters. The Balaban J connectivity index is 2.99. The van der Waals surface area contributed by atoms with Crippen molar-refractivity contribution in [3.63, 3.8) is 0 Å². The van der Waals surface area contributed by atoms with Crippen LogP contribution in [-0.4, -0.2) is 30.8 Å². The first kappa shape index (κ1) is 14.2. The van der Waals surface area contributed by atoms with E-state index in [1.165, 1.54) is 10.5 Å². The van der Waals surface area contributed by atoms with Crippen molar-refractivity contribution < 1.29 is 8.42 Å². The Bertz CT molecular complexity index is 451. The topological polar surface area (TPSA) is 79.2 Å². The first-order chi connectivity index (χ1) is 7.91. The van der Waals surface area contributed by atoms with Crippen molar-refractivity contribution in [2.45, 2.75) is 32.2 Å². The highest BCUT2D eigenvalue weighted by atomic mass is 32.2. The quantitative estimate of drug-likeness (QED) is 0.804. The third-order valence-corrected chi connectivity index (χ3v) is 4.41. The van der Waals surface area contributed by atoms with E-state index in [9.17, 15) is 8.42 Å². The van der Waals surface area contributed by atoms with Gasteiger partial charge in [-0.25, -0.2) is 8.42 Å². The largest absolute Gasteiger partial charge is 0.363 e. The summed E-state index contributed by atoms with van der Waals surface area (Å²) in [7, 11) is -3.39. The number of nitrogens with two attached hydrogens (primary N) is 1. The van der Waals surface area contributed by atoms with Crippen molar-refractivity contribution in [2.24, 2.45) is 11.7 Å². The fraction of sp³-hybridized carbons (Fsp3) is 0.636. The van der Waals surface area contributed by atoms with E-state index in [4.69, 9.17) is 5.73 Å². The molecule has 17 heavy (non-hydrogen) atoms. The average Bonchev–Trinajstić information content (AvgIpc) is 2.74. The van der Waals surface area contributed by atoms with Gasteiger partial charge in [-0.1, -0.05) is 20.8 Å². The Morgan fingerprint density at radius 2 is 2.12 bits per heavy atom. The number of aromatic nitrogens is 1. The second-order valence-corrected chi connectivity index (χ2v) is 6.35. The molecule has 6 heteroatoms. The van der Waals surface area contributed by atoms with Gasteiger partial charge in [-0.2, -0.15) is 4.31 Å². The first-order valence-electron chi connectivity index (χ1n) is 5.79. The molecule has 1 aromatic heterocycles. The summed E-state index contributed by atoms with van der Waals surface area (Å²) in [5, 5.41) is 0. The third-order valence-electron chi connectivity index (χ3n) is 2.50. The number of aromatic amines is 1. The van der Waals surface area contributed by atoms with Crippen LogP contribution in [0, 0.1) is 5.92 Å². The minimum atomic E-state index is -3.39. The van der Waals surface area contributed by atoms with Crippen LogP contribution < -0.4 is 5.73 Å². The van der Waals surface area contributed by atoms with Crippen molar-refractivity contribution in [3.05, 3.63) is 18.0 Å². The van der Waals surface area contributed by atoms with Crippen LogP contribution in [0.2, 0.25) is 0 Å². The van der Waals surface area contributed by atoms with E-state index in [0.29, 0.717) is 30.4 Å². The van der Waals surface area contributed by atoms with Crippen LogP contribution in [0.15, 0.2) is 17.2 Å². The van der Waals surface area contributed by atoms with Gasteiger partial charge in [-0.3, -0.25) is 0 Å². The maximum atomic E-state index is 12.3. The van der Waals surface area contributed by atoms with Gasteiger partial charge in [0.2, 0.25) is 10.0 Å². The van der Waals surface area contributed by atoms with E-state index in [1.807, 2.05) is 20.8 Å². The fourth-order valence-corrected chi connectivity index (χ4v) is 3.27. The van der Waals surface area contributed by atoms with Crippen LogP contribution in [0.1, 0.15) is 26.5 Å². The summed E-state index contributed by atoms with van der Waals surface area (Å²) < 4.78 is 26.1. The van der Waals surface area contributed by atoms with Gasteiger partial charge in [0.1, 0.15) is 0 Å². The molecule has 98 valence electrons. The summed E-state index contributed by atoms with van der Waals surface area (Å²) in [6, 6.07) is 1.60. The number of sulfonamides is 1. The standard InChI is InChI=1S/C11H21N3O2S/c1-4-14(8-9(2)3)17(15,16)11-5-10(6-12)13-7-11/h5,7,9,13H,4,6,8,12H2,1-3H3. The zero-order valence-electron chi connectivity index (χ0n) is 10.6. The highest BCUT2D eigenvalue weighted by Gasteiger charge is 2.24. The number of rotatable bonds is 6. The Labute approximate surface area is 103 Å². The molecule has 3 N–H and O–H groups in total. The summed E-state index contributed by atoms with van der Waals surface area (Å²) in [5.41, 5.74) is 6.18. The molecule has 5 nitrogen and oxygen atoms in total.